The van der Waals surface area contributed by atoms with Gasteiger partial charge in [0.25, 0.3) is 0 Å². The van der Waals surface area contributed by atoms with Crippen LogP contribution in [0.4, 0.5) is 0 Å². The van der Waals surface area contributed by atoms with Crippen LogP contribution in [0.5, 0.6) is 0 Å². The maximum atomic E-state index is 22.3. The molecular weight excluding hydrogens is 1880 g/mol. The Kier molecular flexibility index (Phi) is 34.4. The van der Waals surface area contributed by atoms with Gasteiger partial charge in [-0.3, -0.25) is 0 Å². The summed E-state index contributed by atoms with van der Waals surface area (Å²) >= 11 is 0. The van der Waals surface area contributed by atoms with Crippen LogP contribution in [0.25, 0.3) is 0 Å². The topological polar surface area (TPSA) is 186 Å². The van der Waals surface area contributed by atoms with E-state index in [4.69, 9.17) is 18.1 Å². The van der Waals surface area contributed by atoms with Crippen molar-refractivity contribution in [3.05, 3.63) is 0 Å². The molecule has 0 spiro atoms. The van der Waals surface area contributed by atoms with E-state index in [0.29, 0.717) is 0 Å². The molecule has 0 atom stereocenters. The molecule has 0 unspecified atom stereocenters. The third-order valence-electron chi connectivity index (χ3n) is 36.1. The van der Waals surface area contributed by atoms with E-state index in [1.54, 1.807) is 0 Å². The predicted molar refractivity (Wildman–Crippen MR) is 568 cm³/mol. The van der Waals surface area contributed by atoms with Crippen LogP contribution in [0.2, 0.25) is 0 Å². The first-order valence-corrected chi connectivity index (χ1v) is 68.6. The fraction of sp³-hybridized carbons (Fsp3) is 1.00. The number of rotatable bonds is 40. The Morgan fingerprint density at radius 2 is 0.155 bits per heavy atom. The first kappa shape index (κ1) is 104. The van der Waals surface area contributed by atoms with Crippen molar-refractivity contribution < 1.29 is 4.89 Å². The molecule has 0 amide bonds. The van der Waals surface area contributed by atoms with Gasteiger partial charge in [-0.1, -0.05) is 0 Å². The van der Waals surface area contributed by atoms with E-state index < -0.39 is 37.5 Å². The molecule has 0 aliphatic carbocycles. The molecule has 41 nitrogen and oxygen atoms in total. The zero-order chi connectivity index (χ0) is 94.9. The fourth-order valence-corrected chi connectivity index (χ4v) is 56.8. The van der Waals surface area contributed by atoms with E-state index in [2.05, 4.69) is 179 Å². The quantitative estimate of drug-likeness (QED) is 0.0570. The van der Waals surface area contributed by atoms with Gasteiger partial charge in [0, 0.05) is 0 Å². The summed E-state index contributed by atoms with van der Waals surface area (Å²) in [6.45, 7) is 43.4. The number of hydrogen-bond acceptors (Lipinski definition) is 29. The first-order valence-electron chi connectivity index (χ1n) is 60.2. The standard InChI is InChI=1S/C96H193N40OP5/c137-142(97-138(125(101-49-1-2-50-101)102-51-3-4-52-102,126(103-53-5-6-54-103)104-55-7-8-56-104)127(105-57-9-10-58-105)106-59-11-12-60-106,98-139(128(107-61-13-14-62-107)108-63-15-16-64-108,129(109-65-17-18-66-109)110-67-19-20-68-110)130(111-69-21-22-70-111)112-71-23-24-72-112,99-140(131(113-73-25-26-74-113)114-75-27-28-76-114,132(115-77-29-30-78-115)116-79-31-32-80-116)133(117-81-33-34-82-117)118-83-35-36-84-118)100-141(134(119-85-37-38-86-119)120-87-39-40-88-120,135(121-89-41-42-90-121)122-91-43-44-92-122)136(123-93-45-46-94-123)124-95-47-48-96-124/h137H,1-96H2. The molecule has 1 N–H and O–H groups in total. The van der Waals surface area contributed by atoms with Crippen molar-refractivity contribution in [2.75, 3.05) is 314 Å². The van der Waals surface area contributed by atoms with Crippen LogP contribution in [0.15, 0.2) is 18.1 Å². The predicted octanol–water partition coefficient (Wildman–Crippen LogP) is 13.8. The van der Waals surface area contributed by atoms with Crippen molar-refractivity contribution in [1.29, 1.82) is 0 Å². The average molecular weight is 2080 g/mol. The molecule has 808 valence electrons. The van der Waals surface area contributed by atoms with Crippen LogP contribution >= 0.6 is 37.5 Å². The number of nitrogens with zero attached hydrogens (tertiary/aromatic N) is 40. The third-order valence-corrected chi connectivity index (χ3v) is 56.8. The summed E-state index contributed by atoms with van der Waals surface area (Å²) in [5.74, 6) is 0. The van der Waals surface area contributed by atoms with Gasteiger partial charge in [0.05, 0.1) is 0 Å². The van der Waals surface area contributed by atoms with Crippen molar-refractivity contribution in [3.63, 3.8) is 0 Å². The molecule has 24 aliphatic heterocycles. The minimum atomic E-state index is -7.42. The molecule has 0 radical (unpaired) electrons. The normalized spacial score (nSPS) is 29.9. The Labute approximate surface area is 856 Å². The second-order valence-corrected chi connectivity index (χ2v) is 59.7. The zero-order valence-electron chi connectivity index (χ0n) is 88.5. The Morgan fingerprint density at radius 1 is 0.106 bits per heavy atom. The molecule has 0 saturated carbocycles. The zero-order valence-corrected chi connectivity index (χ0v) is 92.9. The van der Waals surface area contributed by atoms with E-state index >= 15 is 4.89 Å². The maximum absolute atomic E-state index is 22.3. The van der Waals surface area contributed by atoms with E-state index in [1.807, 2.05) is 0 Å². The van der Waals surface area contributed by atoms with Gasteiger partial charge in [-0.05, 0) is 0 Å². The van der Waals surface area contributed by atoms with Gasteiger partial charge in [-0.25, -0.2) is 0 Å². The molecule has 24 fully saturated rings. The number of hydrogen-bond donors (Lipinski definition) is 1. The summed E-state index contributed by atoms with van der Waals surface area (Å²) in [4.78, 5) is 59.7. The van der Waals surface area contributed by atoms with Crippen LogP contribution in [-0.4, -0.2) is 498 Å². The molecule has 0 aromatic heterocycles. The molecule has 46 heteroatoms. The molecule has 24 aliphatic rings. The van der Waals surface area contributed by atoms with Crippen LogP contribution in [0.3, 0.4) is 0 Å². The van der Waals surface area contributed by atoms with Crippen molar-refractivity contribution in [2.45, 2.75) is 308 Å². The van der Waals surface area contributed by atoms with Gasteiger partial charge in [-0.15, -0.1) is 0 Å². The molecule has 142 heavy (non-hydrogen) atoms. The van der Waals surface area contributed by atoms with Crippen molar-refractivity contribution in [1.82, 2.24) is 179 Å². The summed E-state index contributed by atoms with van der Waals surface area (Å²) in [5, 5.41) is 71.7. The Bertz CT molecular complexity index is 3090. The van der Waals surface area contributed by atoms with Gasteiger partial charge in [0.2, 0.25) is 0 Å². The van der Waals surface area contributed by atoms with Gasteiger partial charge < -0.3 is 0 Å². The molecule has 24 saturated heterocycles. The Balaban J connectivity index is 1.07. The SMILES string of the molecule is OP(N=P(N(N1CCCC1)N1CCCC1)(N(N1CCCC1)N1CCCC1)N(N1CCCC1)N1CCCC1)(N=P(N(N1CCCC1)N1CCCC1)(N(N1CCCC1)N1CCCC1)N(N1CCCC1)N1CCCC1)(N=P(N(N1CCCC1)N1CCCC1)(N(N1CCCC1)N1CCCC1)N(N1CCCC1)N1CCCC1)N=P(N(N1CCCC1)N1CCCC1)(N(N1CCCC1)N1CCCC1)N(N1CCCC1)N1CCCC1. The van der Waals surface area contributed by atoms with Crippen molar-refractivity contribution in [2.24, 2.45) is 18.1 Å². The average Bonchev–Trinajstić information content (AvgIpc) is 0.883. The minimum absolute atomic E-state index is 0.903. The van der Waals surface area contributed by atoms with Crippen molar-refractivity contribution >= 4 is 37.5 Å². The summed E-state index contributed by atoms with van der Waals surface area (Å²) in [6, 6.07) is 0. The molecular formula is C96H193N40OP5. The Morgan fingerprint density at radius 3 is 0.204 bits per heavy atom. The summed E-state index contributed by atoms with van der Waals surface area (Å²) in [6.07, 6.45) is 52.5. The fourth-order valence-electron chi connectivity index (χ4n) is 29.6. The molecule has 24 rings (SSSR count). The molecule has 0 aromatic rings. The molecule has 24 heterocycles. The van der Waals surface area contributed by atoms with E-state index in [-0.39, 0.29) is 0 Å². The van der Waals surface area contributed by atoms with Crippen LogP contribution in [0.1, 0.15) is 308 Å². The van der Waals surface area contributed by atoms with Crippen LogP contribution < -0.4 is 0 Å². The van der Waals surface area contributed by atoms with E-state index in [9.17, 15) is 0 Å². The second-order valence-electron chi connectivity index (χ2n) is 46.5. The number of hydrazine groups is 24. The summed E-state index contributed by atoms with van der Waals surface area (Å²) in [5.41, 5.74) is 0. The van der Waals surface area contributed by atoms with E-state index in [1.165, 1.54) is 0 Å². The van der Waals surface area contributed by atoms with Gasteiger partial charge in [0.1, 0.15) is 0 Å². The first-order chi connectivity index (χ1) is 70.2. The van der Waals surface area contributed by atoms with Crippen LogP contribution in [0, 0.1) is 0 Å². The summed E-state index contributed by atoms with van der Waals surface area (Å²) < 4.78 is 35.8. The van der Waals surface area contributed by atoms with Gasteiger partial charge >= 0.3 is 862 Å². The molecule has 0 bridgehead atoms. The van der Waals surface area contributed by atoms with Crippen LogP contribution in [-0.2, 0) is 0 Å². The third kappa shape index (κ3) is 20.4. The second kappa shape index (κ2) is 47.1. The van der Waals surface area contributed by atoms with E-state index in [0.717, 1.165) is 622 Å². The van der Waals surface area contributed by atoms with Gasteiger partial charge in [0.15, 0.2) is 0 Å². The summed E-state index contributed by atoms with van der Waals surface area (Å²) in [7, 11) is -25.2. The van der Waals surface area contributed by atoms with Crippen molar-refractivity contribution in [3.8, 4) is 0 Å². The molecule has 0 aromatic carbocycles. The Hall–Kier alpha value is -0.130. The van der Waals surface area contributed by atoms with Gasteiger partial charge in [-0.2, -0.15) is 0 Å². The monoisotopic (exact) mass is 2080 g/mol.